The Morgan fingerprint density at radius 1 is 1.03 bits per heavy atom. The monoisotopic (exact) mass is 404 g/mol. The summed E-state index contributed by atoms with van der Waals surface area (Å²) in [7, 11) is 0. The number of para-hydroxylation sites is 1. The molecule has 0 atom stereocenters. The third kappa shape index (κ3) is 5.03. The highest BCUT2D eigenvalue weighted by Crippen LogP contribution is 2.19. The molecule has 0 amide bonds. The summed E-state index contributed by atoms with van der Waals surface area (Å²) in [6.45, 7) is 5.95. The van der Waals surface area contributed by atoms with E-state index >= 15 is 0 Å². The molecule has 154 valence electrons. The number of ketones is 1. The predicted molar refractivity (Wildman–Crippen MR) is 115 cm³/mol. The molecule has 0 fully saturated rings. The average Bonchev–Trinajstić information content (AvgIpc) is 3.05. The zero-order valence-electron chi connectivity index (χ0n) is 17.3. The van der Waals surface area contributed by atoms with E-state index in [4.69, 9.17) is 9.47 Å². The second kappa shape index (κ2) is 9.69. The third-order valence-electron chi connectivity index (χ3n) is 4.57. The molecule has 6 nitrogen and oxygen atoms in total. The quantitative estimate of drug-likeness (QED) is 0.318. The highest BCUT2D eigenvalue weighted by Gasteiger charge is 2.12. The molecule has 1 heterocycles. The van der Waals surface area contributed by atoms with E-state index in [1.807, 2.05) is 55.8 Å². The number of aryl methyl sites for hydroxylation is 1. The van der Waals surface area contributed by atoms with Crippen LogP contribution in [0.4, 0.5) is 0 Å². The molecule has 30 heavy (non-hydrogen) atoms. The molecule has 0 unspecified atom stereocenters. The van der Waals surface area contributed by atoms with Crippen molar-refractivity contribution in [1.29, 1.82) is 0 Å². The molecule has 0 aliphatic heterocycles. The van der Waals surface area contributed by atoms with Gasteiger partial charge in [0.1, 0.15) is 5.75 Å². The standard InChI is InChI=1S/C24H24N2O4/c1-4-29-21-12-10-19(11-13-21)23(27)16-30-24(28)15-14-22-17(2)25-26(18(22)3)20-8-6-5-7-9-20/h5-15H,4,16H2,1-3H3/b15-14+. The third-order valence-corrected chi connectivity index (χ3v) is 4.57. The van der Waals surface area contributed by atoms with Crippen LogP contribution in [0.2, 0.25) is 0 Å². The molecular formula is C24H24N2O4. The van der Waals surface area contributed by atoms with Gasteiger partial charge in [-0.05, 0) is 63.2 Å². The molecule has 1 aromatic heterocycles. The molecule has 0 saturated heterocycles. The fourth-order valence-electron chi connectivity index (χ4n) is 3.04. The minimum atomic E-state index is -0.583. The topological polar surface area (TPSA) is 70.4 Å². The second-order valence-corrected chi connectivity index (χ2v) is 6.65. The lowest BCUT2D eigenvalue weighted by Gasteiger charge is -2.05. The fraction of sp³-hybridized carbons (Fsp3) is 0.208. The van der Waals surface area contributed by atoms with Gasteiger partial charge >= 0.3 is 5.97 Å². The summed E-state index contributed by atoms with van der Waals surface area (Å²) >= 11 is 0. The van der Waals surface area contributed by atoms with Crippen LogP contribution in [0.15, 0.2) is 60.7 Å². The first-order valence-corrected chi connectivity index (χ1v) is 9.72. The smallest absolute Gasteiger partial charge is 0.331 e. The van der Waals surface area contributed by atoms with Crippen molar-refractivity contribution in [1.82, 2.24) is 9.78 Å². The lowest BCUT2D eigenvalue weighted by molar-refractivity contribution is -0.136. The molecular weight excluding hydrogens is 380 g/mol. The van der Waals surface area contributed by atoms with Gasteiger partial charge in [-0.2, -0.15) is 5.10 Å². The Labute approximate surface area is 175 Å². The summed E-state index contributed by atoms with van der Waals surface area (Å²) in [5.41, 5.74) is 3.96. The number of carbonyl (C=O) groups excluding carboxylic acids is 2. The van der Waals surface area contributed by atoms with Crippen molar-refractivity contribution in [2.24, 2.45) is 0 Å². The van der Waals surface area contributed by atoms with Gasteiger partial charge < -0.3 is 9.47 Å². The van der Waals surface area contributed by atoms with E-state index in [-0.39, 0.29) is 12.4 Å². The predicted octanol–water partition coefficient (Wildman–Crippen LogP) is 4.33. The van der Waals surface area contributed by atoms with Crippen LogP contribution in [-0.2, 0) is 9.53 Å². The normalized spacial score (nSPS) is 10.9. The Kier molecular flexibility index (Phi) is 6.80. The minimum absolute atomic E-state index is 0.274. The molecule has 0 radical (unpaired) electrons. The van der Waals surface area contributed by atoms with Crippen LogP contribution < -0.4 is 4.74 Å². The van der Waals surface area contributed by atoms with Gasteiger partial charge in [-0.1, -0.05) is 18.2 Å². The number of aromatic nitrogens is 2. The summed E-state index contributed by atoms with van der Waals surface area (Å²) in [5.74, 6) is -0.166. The van der Waals surface area contributed by atoms with Crippen LogP contribution in [0.25, 0.3) is 11.8 Å². The van der Waals surface area contributed by atoms with Gasteiger partial charge in [0.05, 0.1) is 18.0 Å². The Balaban J connectivity index is 1.61. The molecule has 3 aromatic rings. The molecule has 2 aromatic carbocycles. The number of hydrogen-bond donors (Lipinski definition) is 0. The van der Waals surface area contributed by atoms with Crippen molar-refractivity contribution in [3.63, 3.8) is 0 Å². The largest absolute Gasteiger partial charge is 0.494 e. The Hall–Kier alpha value is -3.67. The van der Waals surface area contributed by atoms with E-state index in [9.17, 15) is 9.59 Å². The molecule has 3 rings (SSSR count). The molecule has 0 spiro atoms. The molecule has 6 heteroatoms. The number of Topliss-reactive ketones (excluding diaryl/α,β-unsaturated/α-hetero) is 1. The average molecular weight is 404 g/mol. The van der Waals surface area contributed by atoms with Gasteiger partial charge in [-0.3, -0.25) is 4.79 Å². The lowest BCUT2D eigenvalue weighted by Crippen LogP contribution is -2.12. The Morgan fingerprint density at radius 3 is 2.40 bits per heavy atom. The highest BCUT2D eigenvalue weighted by molar-refractivity contribution is 5.99. The molecule has 0 N–H and O–H groups in total. The number of benzene rings is 2. The van der Waals surface area contributed by atoms with Gasteiger partial charge in [0.2, 0.25) is 0 Å². The summed E-state index contributed by atoms with van der Waals surface area (Å²) < 4.78 is 12.3. The van der Waals surface area contributed by atoms with Gasteiger partial charge in [-0.15, -0.1) is 0 Å². The van der Waals surface area contributed by atoms with E-state index in [1.165, 1.54) is 6.08 Å². The molecule has 0 aliphatic carbocycles. The zero-order valence-corrected chi connectivity index (χ0v) is 17.3. The summed E-state index contributed by atoms with van der Waals surface area (Å²) in [6.07, 6.45) is 2.98. The van der Waals surface area contributed by atoms with Gasteiger partial charge in [0.25, 0.3) is 0 Å². The zero-order chi connectivity index (χ0) is 21.5. The van der Waals surface area contributed by atoms with E-state index in [0.29, 0.717) is 17.9 Å². The number of esters is 1. The van der Waals surface area contributed by atoms with Crippen LogP contribution in [0, 0.1) is 13.8 Å². The number of carbonyl (C=O) groups is 2. The Morgan fingerprint density at radius 2 is 1.73 bits per heavy atom. The van der Waals surface area contributed by atoms with Crippen molar-refractivity contribution in [2.75, 3.05) is 13.2 Å². The van der Waals surface area contributed by atoms with Gasteiger partial charge in [0, 0.05) is 22.9 Å². The van der Waals surface area contributed by atoms with E-state index in [0.717, 1.165) is 22.6 Å². The number of nitrogens with zero attached hydrogens (tertiary/aromatic N) is 2. The fourth-order valence-corrected chi connectivity index (χ4v) is 3.04. The van der Waals surface area contributed by atoms with Crippen molar-refractivity contribution in [3.05, 3.63) is 83.2 Å². The number of hydrogen-bond acceptors (Lipinski definition) is 5. The van der Waals surface area contributed by atoms with Crippen molar-refractivity contribution in [3.8, 4) is 11.4 Å². The number of ether oxygens (including phenoxy) is 2. The van der Waals surface area contributed by atoms with Crippen LogP contribution in [-0.4, -0.2) is 34.7 Å². The molecule has 0 bridgehead atoms. The second-order valence-electron chi connectivity index (χ2n) is 6.65. The summed E-state index contributed by atoms with van der Waals surface area (Å²) in [6, 6.07) is 16.5. The lowest BCUT2D eigenvalue weighted by atomic mass is 10.1. The van der Waals surface area contributed by atoms with Crippen molar-refractivity contribution >= 4 is 17.8 Å². The van der Waals surface area contributed by atoms with Gasteiger partial charge in [0.15, 0.2) is 12.4 Å². The maximum atomic E-state index is 12.2. The SMILES string of the molecule is CCOc1ccc(C(=O)COC(=O)/C=C/c2c(C)nn(-c3ccccc3)c2C)cc1. The van der Waals surface area contributed by atoms with Crippen LogP contribution in [0.5, 0.6) is 5.75 Å². The first kappa shape index (κ1) is 21.0. The van der Waals surface area contributed by atoms with Crippen LogP contribution >= 0.6 is 0 Å². The first-order valence-electron chi connectivity index (χ1n) is 9.72. The van der Waals surface area contributed by atoms with Crippen molar-refractivity contribution in [2.45, 2.75) is 20.8 Å². The van der Waals surface area contributed by atoms with E-state index in [1.54, 1.807) is 30.3 Å². The Bertz CT molecular complexity index is 1050. The summed E-state index contributed by atoms with van der Waals surface area (Å²) in [4.78, 5) is 24.3. The molecule has 0 aliphatic rings. The van der Waals surface area contributed by atoms with Crippen molar-refractivity contribution < 1.29 is 19.1 Å². The minimum Gasteiger partial charge on any atom is -0.494 e. The first-order chi connectivity index (χ1) is 14.5. The van der Waals surface area contributed by atoms with Gasteiger partial charge in [-0.25, -0.2) is 9.48 Å². The molecule has 0 saturated carbocycles. The summed E-state index contributed by atoms with van der Waals surface area (Å²) in [5, 5.41) is 4.54. The maximum absolute atomic E-state index is 12.2. The van der Waals surface area contributed by atoms with E-state index < -0.39 is 5.97 Å². The maximum Gasteiger partial charge on any atom is 0.331 e. The highest BCUT2D eigenvalue weighted by atomic mass is 16.5. The van der Waals surface area contributed by atoms with Crippen LogP contribution in [0.3, 0.4) is 0 Å². The number of rotatable bonds is 8. The van der Waals surface area contributed by atoms with Crippen LogP contribution in [0.1, 0.15) is 34.2 Å². The van der Waals surface area contributed by atoms with E-state index in [2.05, 4.69) is 5.10 Å².